The van der Waals surface area contributed by atoms with Gasteiger partial charge in [-0.05, 0) is 23.8 Å². The maximum absolute atomic E-state index is 13.5. The molecule has 2 heterocycles. The van der Waals surface area contributed by atoms with Gasteiger partial charge in [-0.3, -0.25) is 9.69 Å². The number of thiophene rings is 1. The number of halogens is 2. The lowest BCUT2D eigenvalue weighted by Gasteiger charge is -2.19. The number of thiazole rings is 1. The zero-order valence-electron chi connectivity index (χ0n) is 16.0. The average molecular weight is 479 g/mol. The van der Waals surface area contributed by atoms with E-state index < -0.39 is 0 Å². The second-order valence-electron chi connectivity index (χ2n) is 6.26. The molecule has 0 aliphatic heterocycles. The molecule has 0 fully saturated rings. The van der Waals surface area contributed by atoms with E-state index in [2.05, 4.69) is 0 Å². The van der Waals surface area contributed by atoms with Crippen molar-refractivity contribution in [3.8, 4) is 11.5 Å². The van der Waals surface area contributed by atoms with Gasteiger partial charge < -0.3 is 9.47 Å². The van der Waals surface area contributed by atoms with Crippen LogP contribution in [0.3, 0.4) is 0 Å². The van der Waals surface area contributed by atoms with E-state index in [1.54, 1.807) is 31.3 Å². The predicted molar refractivity (Wildman–Crippen MR) is 124 cm³/mol. The zero-order chi connectivity index (χ0) is 21.3. The molecule has 4 rings (SSSR count). The first-order valence-corrected chi connectivity index (χ1v) is 11.2. The molecule has 0 aliphatic rings. The summed E-state index contributed by atoms with van der Waals surface area (Å²) in [6.45, 7) is 0.327. The van der Waals surface area contributed by atoms with E-state index in [0.717, 1.165) is 21.6 Å². The third-order valence-electron chi connectivity index (χ3n) is 4.45. The van der Waals surface area contributed by atoms with Gasteiger partial charge in [-0.25, -0.2) is 4.98 Å². The molecule has 0 spiro atoms. The number of hydrogen-bond acceptors (Lipinski definition) is 6. The Morgan fingerprint density at radius 2 is 1.73 bits per heavy atom. The Hall–Kier alpha value is -2.32. The van der Waals surface area contributed by atoms with E-state index in [4.69, 9.17) is 37.7 Å². The molecule has 0 N–H and O–H groups in total. The Bertz CT molecular complexity index is 1170. The van der Waals surface area contributed by atoms with Crippen molar-refractivity contribution in [3.63, 3.8) is 0 Å². The second-order valence-corrected chi connectivity index (χ2v) is 9.52. The van der Waals surface area contributed by atoms with Crippen LogP contribution in [-0.2, 0) is 6.54 Å². The molecule has 30 heavy (non-hydrogen) atoms. The molecule has 154 valence electrons. The van der Waals surface area contributed by atoms with Crippen molar-refractivity contribution in [1.82, 2.24) is 4.98 Å². The number of hydrogen-bond donors (Lipinski definition) is 0. The van der Waals surface area contributed by atoms with Crippen LogP contribution >= 0.6 is 45.9 Å². The topological polar surface area (TPSA) is 51.7 Å². The highest BCUT2D eigenvalue weighted by Gasteiger charge is 2.26. The van der Waals surface area contributed by atoms with Crippen LogP contribution in [0.1, 0.15) is 15.9 Å². The van der Waals surface area contributed by atoms with Crippen LogP contribution in [0.4, 0.5) is 5.13 Å². The minimum Gasteiger partial charge on any atom is -0.495 e. The monoisotopic (exact) mass is 478 g/mol. The fourth-order valence-corrected chi connectivity index (χ4v) is 5.53. The predicted octanol–water partition coefficient (Wildman–Crippen LogP) is 6.53. The van der Waals surface area contributed by atoms with Crippen LogP contribution in [0, 0.1) is 0 Å². The number of aromatic nitrogens is 1. The highest BCUT2D eigenvalue weighted by Crippen LogP contribution is 2.41. The molecule has 0 radical (unpaired) electrons. The number of nitrogens with zero attached hydrogens (tertiary/aromatic N) is 2. The van der Waals surface area contributed by atoms with Crippen LogP contribution in [0.5, 0.6) is 11.5 Å². The summed E-state index contributed by atoms with van der Waals surface area (Å²) in [6, 6.07) is 14.9. The Balaban J connectivity index is 1.85. The lowest BCUT2D eigenvalue weighted by Crippen LogP contribution is -2.30. The van der Waals surface area contributed by atoms with E-state index in [9.17, 15) is 4.79 Å². The minimum absolute atomic E-state index is 0.274. The summed E-state index contributed by atoms with van der Waals surface area (Å²) in [7, 11) is 3.18. The molecule has 0 saturated carbocycles. The van der Waals surface area contributed by atoms with Gasteiger partial charge in [-0.15, -0.1) is 11.3 Å². The minimum atomic E-state index is -0.274. The molecule has 2 aromatic heterocycles. The standard InChI is InChI=1S/C21H16Cl2N2O3S2/c1-27-14-8-9-15(28-2)18-17(14)24-21(30-18)25(11-12-6-4-3-5-7-12)20(26)13-10-16(22)29-19(13)23/h3-10H,11H2,1-2H3. The van der Waals surface area contributed by atoms with Crippen LogP contribution in [-0.4, -0.2) is 25.1 Å². The van der Waals surface area contributed by atoms with E-state index in [-0.39, 0.29) is 5.91 Å². The fraction of sp³-hybridized carbons (Fsp3) is 0.143. The molecule has 1 amide bonds. The molecule has 5 nitrogen and oxygen atoms in total. The maximum Gasteiger partial charge on any atom is 0.262 e. The molecule has 2 aromatic carbocycles. The molecule has 0 atom stereocenters. The van der Waals surface area contributed by atoms with Gasteiger partial charge in [-0.2, -0.15) is 0 Å². The largest absolute Gasteiger partial charge is 0.495 e. The summed E-state index contributed by atoms with van der Waals surface area (Å²) >= 11 is 14.9. The van der Waals surface area contributed by atoms with Gasteiger partial charge in [0.25, 0.3) is 5.91 Å². The lowest BCUT2D eigenvalue weighted by molar-refractivity contribution is 0.0985. The Morgan fingerprint density at radius 3 is 2.37 bits per heavy atom. The van der Waals surface area contributed by atoms with Gasteiger partial charge in [0.2, 0.25) is 0 Å². The van der Waals surface area contributed by atoms with Gasteiger partial charge in [-0.1, -0.05) is 64.9 Å². The van der Waals surface area contributed by atoms with Crippen molar-refractivity contribution in [1.29, 1.82) is 0 Å². The summed E-state index contributed by atoms with van der Waals surface area (Å²) in [4.78, 5) is 19.8. The van der Waals surface area contributed by atoms with Gasteiger partial charge in [0.1, 0.15) is 26.1 Å². The number of anilines is 1. The van der Waals surface area contributed by atoms with Crippen molar-refractivity contribution in [2.24, 2.45) is 0 Å². The Morgan fingerprint density at radius 1 is 1.03 bits per heavy atom. The number of fused-ring (bicyclic) bond motifs is 1. The molecule has 0 saturated heterocycles. The van der Waals surface area contributed by atoms with E-state index >= 15 is 0 Å². The number of methoxy groups -OCH3 is 2. The van der Waals surface area contributed by atoms with Crippen molar-refractivity contribution in [3.05, 3.63) is 68.3 Å². The lowest BCUT2D eigenvalue weighted by atomic mass is 10.2. The smallest absolute Gasteiger partial charge is 0.262 e. The van der Waals surface area contributed by atoms with Crippen LogP contribution in [0.25, 0.3) is 10.2 Å². The van der Waals surface area contributed by atoms with Crippen LogP contribution in [0.15, 0.2) is 48.5 Å². The van der Waals surface area contributed by atoms with Crippen molar-refractivity contribution >= 4 is 67.1 Å². The first-order valence-electron chi connectivity index (χ1n) is 8.84. The van der Waals surface area contributed by atoms with E-state index in [0.29, 0.717) is 42.9 Å². The van der Waals surface area contributed by atoms with Crippen molar-refractivity contribution in [2.75, 3.05) is 19.1 Å². The number of carbonyl (C=O) groups is 1. The van der Waals surface area contributed by atoms with E-state index in [1.165, 1.54) is 11.3 Å². The summed E-state index contributed by atoms with van der Waals surface area (Å²) in [5.74, 6) is 0.999. The van der Waals surface area contributed by atoms with Gasteiger partial charge in [0.05, 0.1) is 30.7 Å². The van der Waals surface area contributed by atoms with Gasteiger partial charge in [0, 0.05) is 0 Å². The summed E-state index contributed by atoms with van der Waals surface area (Å²) < 4.78 is 12.5. The number of ether oxygens (including phenoxy) is 2. The second kappa shape index (κ2) is 8.81. The summed E-state index contributed by atoms with van der Waals surface area (Å²) in [5, 5.41) is 0.514. The van der Waals surface area contributed by atoms with E-state index in [1.807, 2.05) is 36.4 Å². The molecule has 9 heteroatoms. The average Bonchev–Trinajstić information content (AvgIpc) is 3.34. The Labute approximate surface area is 191 Å². The number of amides is 1. The fourth-order valence-electron chi connectivity index (χ4n) is 3.01. The normalized spacial score (nSPS) is 10.9. The number of rotatable bonds is 6. The van der Waals surface area contributed by atoms with Gasteiger partial charge >= 0.3 is 0 Å². The number of carbonyl (C=O) groups excluding carboxylic acids is 1. The van der Waals surface area contributed by atoms with Crippen molar-refractivity contribution in [2.45, 2.75) is 6.54 Å². The maximum atomic E-state index is 13.5. The molecular formula is C21H16Cl2N2O3S2. The van der Waals surface area contributed by atoms with Crippen molar-refractivity contribution < 1.29 is 14.3 Å². The first-order chi connectivity index (χ1) is 14.5. The molecule has 0 bridgehead atoms. The zero-order valence-corrected chi connectivity index (χ0v) is 19.2. The van der Waals surface area contributed by atoms with Crippen LogP contribution in [0.2, 0.25) is 8.67 Å². The number of benzene rings is 2. The molecular weight excluding hydrogens is 463 g/mol. The quantitative estimate of drug-likeness (QED) is 0.316. The van der Waals surface area contributed by atoms with Crippen LogP contribution < -0.4 is 14.4 Å². The Kier molecular flexibility index (Phi) is 6.15. The summed E-state index contributed by atoms with van der Waals surface area (Å²) in [5.41, 5.74) is 1.94. The molecule has 0 aliphatic carbocycles. The summed E-state index contributed by atoms with van der Waals surface area (Å²) in [6.07, 6.45) is 0. The highest BCUT2D eigenvalue weighted by atomic mass is 35.5. The first kappa shape index (κ1) is 20.9. The highest BCUT2D eigenvalue weighted by molar-refractivity contribution is 7.23. The SMILES string of the molecule is COc1ccc(OC)c2sc(N(Cc3ccccc3)C(=O)c3cc(Cl)sc3Cl)nc12. The molecule has 0 unspecified atom stereocenters. The van der Waals surface area contributed by atoms with Gasteiger partial charge in [0.15, 0.2) is 5.13 Å². The third kappa shape index (κ3) is 3.98. The third-order valence-corrected chi connectivity index (χ3v) is 7.03. The molecule has 4 aromatic rings.